The van der Waals surface area contributed by atoms with Crippen molar-refractivity contribution in [1.82, 2.24) is 15.0 Å². The second-order valence-corrected chi connectivity index (χ2v) is 6.90. The Morgan fingerprint density at radius 2 is 1.92 bits per heavy atom. The Labute approximate surface area is 151 Å². The van der Waals surface area contributed by atoms with E-state index in [1.54, 1.807) is 6.92 Å². The van der Waals surface area contributed by atoms with Crippen LogP contribution in [0.1, 0.15) is 26.8 Å². The van der Waals surface area contributed by atoms with Gasteiger partial charge in [-0.15, -0.1) is 11.3 Å². The fraction of sp³-hybridized carbons (Fsp3) is 0.250. The molecule has 6 nitrogen and oxygen atoms in total. The summed E-state index contributed by atoms with van der Waals surface area (Å²) < 4.78 is 11.4. The van der Waals surface area contributed by atoms with Crippen molar-refractivity contribution in [2.45, 2.75) is 20.8 Å². The van der Waals surface area contributed by atoms with Crippen LogP contribution in [0.2, 0.25) is 0 Å². The lowest BCUT2D eigenvalue weighted by Gasteiger charge is -2.09. The second kappa shape index (κ2) is 6.45. The first-order chi connectivity index (χ1) is 11.4. The molecule has 3 aromatic rings. The molecule has 3 rings (SSSR count). The molecule has 0 aromatic carbocycles. The predicted molar refractivity (Wildman–Crippen MR) is 95.0 cm³/mol. The van der Waals surface area contributed by atoms with Crippen LogP contribution < -0.4 is 4.74 Å². The highest BCUT2D eigenvalue weighted by Crippen LogP contribution is 2.38. The summed E-state index contributed by atoms with van der Waals surface area (Å²) in [5.74, 6) is 1.11. The number of aryl methyl sites for hydroxylation is 3. The number of fused-ring (bicyclic) bond motifs is 1. The SMILES string of the molecule is COC(=O)c1sc2nc(C)nc(Oc3ccc(C)nc3Br)c2c1C. The van der Waals surface area contributed by atoms with Gasteiger partial charge in [0, 0.05) is 5.69 Å². The summed E-state index contributed by atoms with van der Waals surface area (Å²) in [5.41, 5.74) is 1.62. The first-order valence-electron chi connectivity index (χ1n) is 7.07. The standard InChI is InChI=1S/C16H14BrN3O3S/c1-7-5-6-10(13(17)18-7)23-14-11-8(2)12(16(21)22-4)24-15(11)20-9(3)19-14/h5-6H,1-4H3. The third kappa shape index (κ3) is 2.99. The maximum absolute atomic E-state index is 11.9. The van der Waals surface area contributed by atoms with E-state index in [1.165, 1.54) is 18.4 Å². The van der Waals surface area contributed by atoms with Crippen LogP contribution >= 0.6 is 27.3 Å². The van der Waals surface area contributed by atoms with E-state index < -0.39 is 5.97 Å². The molecule has 0 N–H and O–H groups in total. The number of hydrogen-bond acceptors (Lipinski definition) is 7. The van der Waals surface area contributed by atoms with Gasteiger partial charge >= 0.3 is 5.97 Å². The first kappa shape index (κ1) is 16.8. The van der Waals surface area contributed by atoms with Crippen molar-refractivity contribution in [3.8, 4) is 11.6 Å². The Kier molecular flexibility index (Phi) is 4.51. The number of ether oxygens (including phenoxy) is 2. The minimum absolute atomic E-state index is 0.391. The molecule has 0 atom stereocenters. The summed E-state index contributed by atoms with van der Waals surface area (Å²) in [6, 6.07) is 3.67. The third-order valence-corrected chi connectivity index (χ3v) is 5.13. The van der Waals surface area contributed by atoms with E-state index >= 15 is 0 Å². The number of methoxy groups -OCH3 is 1. The van der Waals surface area contributed by atoms with Gasteiger partial charge in [-0.3, -0.25) is 0 Å². The lowest BCUT2D eigenvalue weighted by atomic mass is 10.2. The molecule has 3 aromatic heterocycles. The van der Waals surface area contributed by atoms with Gasteiger partial charge in [-0.1, -0.05) is 0 Å². The molecule has 0 amide bonds. The minimum atomic E-state index is -0.391. The molecule has 0 saturated heterocycles. The predicted octanol–water partition coefficient (Wildman–Crippen LogP) is 4.35. The zero-order chi connectivity index (χ0) is 17.4. The highest BCUT2D eigenvalue weighted by molar-refractivity contribution is 9.10. The fourth-order valence-corrected chi connectivity index (χ4v) is 3.89. The smallest absolute Gasteiger partial charge is 0.348 e. The molecule has 0 radical (unpaired) electrons. The molecule has 0 unspecified atom stereocenters. The van der Waals surface area contributed by atoms with E-state index in [0.29, 0.717) is 37.2 Å². The average molecular weight is 408 g/mol. The summed E-state index contributed by atoms with van der Waals surface area (Å²) in [4.78, 5) is 26.2. The van der Waals surface area contributed by atoms with Gasteiger partial charge in [0.05, 0.1) is 12.5 Å². The summed E-state index contributed by atoms with van der Waals surface area (Å²) in [7, 11) is 1.36. The van der Waals surface area contributed by atoms with Gasteiger partial charge < -0.3 is 9.47 Å². The molecule has 0 aliphatic rings. The third-order valence-electron chi connectivity index (χ3n) is 3.40. The number of aromatic nitrogens is 3. The number of pyridine rings is 1. The van der Waals surface area contributed by atoms with Crippen molar-refractivity contribution in [1.29, 1.82) is 0 Å². The summed E-state index contributed by atoms with van der Waals surface area (Å²) in [6.07, 6.45) is 0. The molecule has 0 aliphatic heterocycles. The van der Waals surface area contributed by atoms with Gasteiger partial charge in [-0.25, -0.2) is 14.8 Å². The molecule has 124 valence electrons. The number of carbonyl (C=O) groups excluding carboxylic acids is 1. The van der Waals surface area contributed by atoms with Crippen molar-refractivity contribution >= 4 is 43.5 Å². The number of halogens is 1. The molecule has 0 saturated carbocycles. The summed E-state index contributed by atoms with van der Waals surface area (Å²) in [6.45, 7) is 5.51. The Balaban J connectivity index is 2.16. The number of thiophene rings is 1. The minimum Gasteiger partial charge on any atom is -0.465 e. The molecular formula is C16H14BrN3O3S. The Hall–Kier alpha value is -2.06. The van der Waals surface area contributed by atoms with Gasteiger partial charge in [-0.2, -0.15) is 4.98 Å². The quantitative estimate of drug-likeness (QED) is 0.474. The van der Waals surface area contributed by atoms with Crippen molar-refractivity contribution in [2.75, 3.05) is 7.11 Å². The topological polar surface area (TPSA) is 74.2 Å². The van der Waals surface area contributed by atoms with E-state index in [0.717, 1.165) is 11.3 Å². The Bertz CT molecular complexity index is 955. The highest BCUT2D eigenvalue weighted by atomic mass is 79.9. The van der Waals surface area contributed by atoms with Crippen LogP contribution in [0.25, 0.3) is 10.2 Å². The maximum Gasteiger partial charge on any atom is 0.348 e. The van der Waals surface area contributed by atoms with Crippen LogP contribution in [0, 0.1) is 20.8 Å². The number of rotatable bonds is 3. The zero-order valence-corrected chi connectivity index (χ0v) is 15.9. The molecule has 8 heteroatoms. The van der Waals surface area contributed by atoms with Crippen LogP contribution in [0.15, 0.2) is 16.7 Å². The lowest BCUT2D eigenvalue weighted by Crippen LogP contribution is -2.00. The Morgan fingerprint density at radius 1 is 1.17 bits per heavy atom. The molecule has 0 spiro atoms. The molecule has 0 fully saturated rings. The summed E-state index contributed by atoms with van der Waals surface area (Å²) in [5, 5.41) is 0.707. The van der Waals surface area contributed by atoms with Crippen molar-refractivity contribution in [3.63, 3.8) is 0 Å². The van der Waals surface area contributed by atoms with E-state index in [4.69, 9.17) is 9.47 Å². The van der Waals surface area contributed by atoms with Crippen LogP contribution in [0.5, 0.6) is 11.6 Å². The monoisotopic (exact) mass is 407 g/mol. The molecule has 24 heavy (non-hydrogen) atoms. The largest absolute Gasteiger partial charge is 0.465 e. The zero-order valence-electron chi connectivity index (χ0n) is 13.5. The van der Waals surface area contributed by atoms with Crippen molar-refractivity contribution in [2.24, 2.45) is 0 Å². The Morgan fingerprint density at radius 3 is 2.58 bits per heavy atom. The number of nitrogens with zero attached hydrogens (tertiary/aromatic N) is 3. The van der Waals surface area contributed by atoms with Crippen LogP contribution in [-0.4, -0.2) is 28.0 Å². The average Bonchev–Trinajstić information content (AvgIpc) is 2.86. The van der Waals surface area contributed by atoms with Crippen molar-refractivity contribution < 1.29 is 14.3 Å². The van der Waals surface area contributed by atoms with Gasteiger partial charge in [0.1, 0.15) is 20.1 Å². The highest BCUT2D eigenvalue weighted by Gasteiger charge is 2.22. The number of hydrogen-bond donors (Lipinski definition) is 0. The van der Waals surface area contributed by atoms with Crippen LogP contribution in [-0.2, 0) is 4.74 Å². The van der Waals surface area contributed by atoms with E-state index in [9.17, 15) is 4.79 Å². The second-order valence-electron chi connectivity index (χ2n) is 5.15. The maximum atomic E-state index is 11.9. The van der Waals surface area contributed by atoms with E-state index in [-0.39, 0.29) is 0 Å². The fourth-order valence-electron chi connectivity index (χ4n) is 2.26. The summed E-state index contributed by atoms with van der Waals surface area (Å²) >= 11 is 4.66. The number of esters is 1. The van der Waals surface area contributed by atoms with Gasteiger partial charge in [-0.05, 0) is 54.4 Å². The first-order valence-corrected chi connectivity index (χ1v) is 8.68. The molecule has 3 heterocycles. The van der Waals surface area contributed by atoms with Crippen LogP contribution in [0.4, 0.5) is 0 Å². The lowest BCUT2D eigenvalue weighted by molar-refractivity contribution is 0.0605. The van der Waals surface area contributed by atoms with Gasteiger partial charge in [0.15, 0.2) is 5.75 Å². The van der Waals surface area contributed by atoms with Crippen molar-refractivity contribution in [3.05, 3.63) is 38.7 Å². The molecular weight excluding hydrogens is 394 g/mol. The van der Waals surface area contributed by atoms with Crippen LogP contribution in [0.3, 0.4) is 0 Å². The van der Waals surface area contributed by atoms with Gasteiger partial charge in [0.25, 0.3) is 0 Å². The number of carbonyl (C=O) groups is 1. The van der Waals surface area contributed by atoms with Gasteiger partial charge in [0.2, 0.25) is 5.88 Å². The molecule has 0 aliphatic carbocycles. The van der Waals surface area contributed by atoms with E-state index in [1.807, 2.05) is 26.0 Å². The van der Waals surface area contributed by atoms with E-state index in [2.05, 4.69) is 30.9 Å². The molecule has 0 bridgehead atoms. The normalized spacial score (nSPS) is 10.9.